The van der Waals surface area contributed by atoms with E-state index >= 15 is 0 Å². The van der Waals surface area contributed by atoms with Crippen molar-refractivity contribution in [2.45, 2.75) is 5.41 Å². The third kappa shape index (κ3) is 5.03. The molecule has 3 aromatic heterocycles. The summed E-state index contributed by atoms with van der Waals surface area (Å²) >= 11 is 0. The Kier molecular flexibility index (Phi) is 7.41. The van der Waals surface area contributed by atoms with E-state index in [4.69, 9.17) is 15.0 Å². The Morgan fingerprint density at radius 2 is 1.00 bits per heavy atom. The zero-order valence-electron chi connectivity index (χ0n) is 31.9. The fourth-order valence-corrected chi connectivity index (χ4v) is 9.71. The van der Waals surface area contributed by atoms with Crippen molar-refractivity contribution in [3.05, 3.63) is 229 Å². The Labute approximate surface area is 342 Å². The largest absolute Gasteiger partial charge is 0.264 e. The molecule has 4 nitrogen and oxygen atoms in total. The first-order valence-electron chi connectivity index (χ1n) is 20.0. The lowest BCUT2D eigenvalue weighted by molar-refractivity contribution is 0.776. The Morgan fingerprint density at radius 3 is 1.76 bits per heavy atom. The van der Waals surface area contributed by atoms with Crippen LogP contribution in [0.3, 0.4) is 0 Å². The molecule has 0 N–H and O–H groups in total. The standard InChI is InChI=1S/C55H34N4/c1-2-14-36(15-3-1)51-32-52(59-54(58-51)39-26-29-50(57-34-39)38-16-12-30-56-33-38)37-24-27-44-42-19-7-6-18-41(42)43-20-8-10-22-46(43)55(49(44)31-37)47-23-11-9-21-45(47)53-40-17-5-4-13-35(40)25-28-48(53)55/h1-34H. The molecule has 3 heterocycles. The molecule has 274 valence electrons. The van der Waals surface area contributed by atoms with Crippen LogP contribution in [-0.4, -0.2) is 19.9 Å². The van der Waals surface area contributed by atoms with Gasteiger partial charge in [-0.25, -0.2) is 9.97 Å². The molecule has 0 bridgehead atoms. The lowest BCUT2D eigenvalue weighted by Crippen LogP contribution is -2.29. The van der Waals surface area contributed by atoms with E-state index in [0.29, 0.717) is 5.82 Å². The summed E-state index contributed by atoms with van der Waals surface area (Å²) in [5, 5.41) is 2.50. The summed E-state index contributed by atoms with van der Waals surface area (Å²) in [4.78, 5) is 19.6. The maximum absolute atomic E-state index is 5.34. The summed E-state index contributed by atoms with van der Waals surface area (Å²) in [5.41, 5.74) is 18.4. The predicted molar refractivity (Wildman–Crippen MR) is 239 cm³/mol. The third-order valence-corrected chi connectivity index (χ3v) is 12.3. The molecule has 0 saturated heterocycles. The Morgan fingerprint density at radius 1 is 0.356 bits per heavy atom. The first kappa shape index (κ1) is 33.3. The van der Waals surface area contributed by atoms with Crippen LogP contribution in [-0.2, 0) is 5.41 Å². The van der Waals surface area contributed by atoms with Gasteiger partial charge in [0.1, 0.15) is 0 Å². The van der Waals surface area contributed by atoms with Gasteiger partial charge in [-0.15, -0.1) is 0 Å². The third-order valence-electron chi connectivity index (χ3n) is 12.3. The van der Waals surface area contributed by atoms with Gasteiger partial charge in [-0.05, 0) is 103 Å². The minimum Gasteiger partial charge on any atom is -0.264 e. The molecule has 10 aromatic rings. The van der Waals surface area contributed by atoms with Gasteiger partial charge >= 0.3 is 0 Å². The Bertz CT molecular complexity index is 3270. The smallest absolute Gasteiger partial charge is 0.161 e. The summed E-state index contributed by atoms with van der Waals surface area (Å²) in [7, 11) is 0. The van der Waals surface area contributed by atoms with Crippen molar-refractivity contribution in [3.63, 3.8) is 0 Å². The molecule has 2 aliphatic carbocycles. The quantitative estimate of drug-likeness (QED) is 0.180. The molecule has 0 amide bonds. The lowest BCUT2D eigenvalue weighted by Gasteiger charge is -2.35. The highest BCUT2D eigenvalue weighted by Gasteiger charge is 2.50. The topological polar surface area (TPSA) is 51.6 Å². The second-order valence-electron chi connectivity index (χ2n) is 15.4. The van der Waals surface area contributed by atoms with Crippen LogP contribution in [0.2, 0.25) is 0 Å². The van der Waals surface area contributed by atoms with Crippen molar-refractivity contribution in [2.24, 2.45) is 0 Å². The fourth-order valence-electron chi connectivity index (χ4n) is 9.71. The normalized spacial score (nSPS) is 14.5. The van der Waals surface area contributed by atoms with Crippen molar-refractivity contribution in [1.82, 2.24) is 19.9 Å². The van der Waals surface area contributed by atoms with Gasteiger partial charge < -0.3 is 0 Å². The summed E-state index contributed by atoms with van der Waals surface area (Å²) in [5.74, 6) is 0.620. The zero-order valence-corrected chi connectivity index (χ0v) is 31.9. The van der Waals surface area contributed by atoms with E-state index in [-0.39, 0.29) is 0 Å². The van der Waals surface area contributed by atoms with Crippen molar-refractivity contribution in [3.8, 4) is 78.5 Å². The van der Waals surface area contributed by atoms with E-state index < -0.39 is 5.41 Å². The van der Waals surface area contributed by atoms with Crippen LogP contribution in [0.25, 0.3) is 89.3 Å². The highest BCUT2D eigenvalue weighted by atomic mass is 14.9. The molecule has 4 heteroatoms. The van der Waals surface area contributed by atoms with Crippen molar-refractivity contribution >= 4 is 10.8 Å². The van der Waals surface area contributed by atoms with E-state index in [0.717, 1.165) is 39.3 Å². The van der Waals surface area contributed by atoms with Crippen LogP contribution >= 0.6 is 0 Å². The summed E-state index contributed by atoms with van der Waals surface area (Å²) in [6, 6.07) is 68.0. The Balaban J connectivity index is 1.15. The number of fused-ring (bicyclic) bond motifs is 14. The van der Waals surface area contributed by atoms with Crippen LogP contribution in [0.5, 0.6) is 0 Å². The molecular formula is C55H34N4. The SMILES string of the molecule is c1ccc(-c2cc(-c3ccc4c(c3)C3(c5ccccc5-c5ccccc5-4)c4ccccc4-c4c3ccc3ccccc43)nc(-c3ccc(-c4cccnc4)nc3)n2)cc1. The summed E-state index contributed by atoms with van der Waals surface area (Å²) < 4.78 is 0. The van der Waals surface area contributed by atoms with E-state index in [1.165, 1.54) is 66.4 Å². The highest BCUT2D eigenvalue weighted by Crippen LogP contribution is 2.62. The maximum atomic E-state index is 5.34. The molecule has 2 aliphatic rings. The zero-order chi connectivity index (χ0) is 38.9. The molecule has 0 radical (unpaired) electrons. The number of benzene rings is 7. The molecule has 7 aromatic carbocycles. The predicted octanol–water partition coefficient (Wildman–Crippen LogP) is 13.1. The molecule has 59 heavy (non-hydrogen) atoms. The molecule has 1 atom stereocenters. The molecule has 0 aliphatic heterocycles. The molecule has 0 fully saturated rings. The van der Waals surface area contributed by atoms with Gasteiger partial charge in [0, 0.05) is 40.8 Å². The molecule has 1 unspecified atom stereocenters. The van der Waals surface area contributed by atoms with Crippen LogP contribution in [0.4, 0.5) is 0 Å². The monoisotopic (exact) mass is 750 g/mol. The minimum atomic E-state index is -0.624. The molecular weight excluding hydrogens is 717 g/mol. The van der Waals surface area contributed by atoms with Crippen LogP contribution in [0.1, 0.15) is 22.3 Å². The number of rotatable bonds is 4. The number of pyridine rings is 2. The van der Waals surface area contributed by atoms with Crippen LogP contribution < -0.4 is 0 Å². The van der Waals surface area contributed by atoms with Crippen molar-refractivity contribution < 1.29 is 0 Å². The van der Waals surface area contributed by atoms with E-state index in [1.807, 2.05) is 36.7 Å². The highest BCUT2D eigenvalue weighted by molar-refractivity contribution is 6.06. The summed E-state index contributed by atoms with van der Waals surface area (Å²) in [6.45, 7) is 0. The second kappa shape index (κ2) is 13.1. The lowest BCUT2D eigenvalue weighted by atomic mass is 9.65. The van der Waals surface area contributed by atoms with Gasteiger partial charge in [-0.3, -0.25) is 9.97 Å². The van der Waals surface area contributed by atoms with Crippen molar-refractivity contribution in [1.29, 1.82) is 0 Å². The van der Waals surface area contributed by atoms with Gasteiger partial charge in [0.2, 0.25) is 0 Å². The molecule has 12 rings (SSSR count). The van der Waals surface area contributed by atoms with Gasteiger partial charge in [-0.1, -0.05) is 152 Å². The fraction of sp³-hybridized carbons (Fsp3) is 0.0182. The van der Waals surface area contributed by atoms with Crippen LogP contribution in [0.15, 0.2) is 207 Å². The summed E-state index contributed by atoms with van der Waals surface area (Å²) in [6.07, 6.45) is 5.47. The van der Waals surface area contributed by atoms with Crippen LogP contribution in [0, 0.1) is 0 Å². The minimum absolute atomic E-state index is 0.620. The number of hydrogen-bond donors (Lipinski definition) is 0. The number of hydrogen-bond acceptors (Lipinski definition) is 4. The first-order chi connectivity index (χ1) is 29.3. The average molecular weight is 751 g/mol. The second-order valence-corrected chi connectivity index (χ2v) is 15.4. The van der Waals surface area contributed by atoms with Gasteiger partial charge in [0.05, 0.1) is 22.5 Å². The number of aromatic nitrogens is 4. The van der Waals surface area contributed by atoms with E-state index in [9.17, 15) is 0 Å². The first-order valence-corrected chi connectivity index (χ1v) is 20.0. The van der Waals surface area contributed by atoms with Gasteiger partial charge in [0.25, 0.3) is 0 Å². The number of nitrogens with zero attached hydrogens (tertiary/aromatic N) is 4. The van der Waals surface area contributed by atoms with Gasteiger partial charge in [0.15, 0.2) is 5.82 Å². The maximum Gasteiger partial charge on any atom is 0.161 e. The Hall–Kier alpha value is -7.82. The molecule has 1 spiro atoms. The van der Waals surface area contributed by atoms with Crippen molar-refractivity contribution in [2.75, 3.05) is 0 Å². The average Bonchev–Trinajstić information content (AvgIpc) is 3.57. The molecule has 0 saturated carbocycles. The van der Waals surface area contributed by atoms with Gasteiger partial charge in [-0.2, -0.15) is 0 Å². The van der Waals surface area contributed by atoms with E-state index in [2.05, 4.69) is 169 Å². The van der Waals surface area contributed by atoms with E-state index in [1.54, 1.807) is 6.20 Å².